The van der Waals surface area contributed by atoms with Crippen molar-refractivity contribution in [1.82, 2.24) is 0 Å². The first-order valence-electron chi connectivity index (χ1n) is 30.9. The third-order valence-electron chi connectivity index (χ3n) is 15.7. The maximum Gasteiger partial charge on any atom is 0.294 e. The van der Waals surface area contributed by atoms with Gasteiger partial charge >= 0.3 is 0 Å². The van der Waals surface area contributed by atoms with E-state index in [1.54, 1.807) is 6.07 Å². The van der Waals surface area contributed by atoms with E-state index in [1.807, 2.05) is 0 Å². The van der Waals surface area contributed by atoms with Crippen LogP contribution in [-0.2, 0) is 29.4 Å². The SMILES string of the molecule is CCCCCCCCCCCCCCCCCCc1c(CC(CCCCCCCCCCCCCCCC)C(C)C)ccc(S(=O)(=O)O)c1CCCCCCCCCCCCCCCCCC. The second-order valence-corrected chi connectivity index (χ2v) is 23.7. The van der Waals surface area contributed by atoms with Crippen molar-refractivity contribution >= 4 is 10.1 Å². The van der Waals surface area contributed by atoms with Crippen LogP contribution in [0.1, 0.15) is 353 Å². The van der Waals surface area contributed by atoms with Crippen LogP contribution < -0.4 is 0 Å². The molecule has 0 aromatic heterocycles. The third-order valence-corrected chi connectivity index (χ3v) is 16.6. The lowest BCUT2D eigenvalue weighted by molar-refractivity contribution is 0.341. The molecule has 1 aromatic carbocycles. The smallest absolute Gasteiger partial charge is 0.282 e. The Labute approximate surface area is 422 Å². The topological polar surface area (TPSA) is 54.4 Å². The van der Waals surface area contributed by atoms with E-state index in [4.69, 9.17) is 0 Å². The molecule has 1 atom stereocenters. The Bertz CT molecular complexity index is 1290. The minimum Gasteiger partial charge on any atom is -0.282 e. The molecule has 0 heterocycles. The zero-order valence-corrected chi connectivity index (χ0v) is 47.2. The fourth-order valence-corrected chi connectivity index (χ4v) is 11.8. The molecule has 0 fully saturated rings. The van der Waals surface area contributed by atoms with Gasteiger partial charge in [0.2, 0.25) is 0 Å². The van der Waals surface area contributed by atoms with Gasteiger partial charge in [0.15, 0.2) is 0 Å². The van der Waals surface area contributed by atoms with E-state index in [-0.39, 0.29) is 4.90 Å². The largest absolute Gasteiger partial charge is 0.294 e. The Hall–Kier alpha value is -0.870. The van der Waals surface area contributed by atoms with Crippen LogP contribution in [0.4, 0.5) is 0 Å². The summed E-state index contributed by atoms with van der Waals surface area (Å²) in [6.07, 6.45) is 66.5. The first-order valence-corrected chi connectivity index (χ1v) is 32.3. The molecule has 1 aromatic rings. The van der Waals surface area contributed by atoms with E-state index in [1.165, 1.54) is 294 Å². The molecule has 0 aliphatic rings. The van der Waals surface area contributed by atoms with Gasteiger partial charge in [-0.2, -0.15) is 8.42 Å². The van der Waals surface area contributed by atoms with E-state index in [0.717, 1.165) is 44.1 Å². The standard InChI is InChI=1S/C63H120O3S/c1-6-9-12-15-18-21-24-27-30-32-35-38-41-44-47-50-53-61-60(57-59(58(4)5)52-49-46-43-40-37-34-29-26-23-20-17-14-11-8-3)55-56-63(67(64,65)66)62(61)54-51-48-45-42-39-36-33-31-28-25-22-19-16-13-10-7-2/h55-56,58-59H,6-54,57H2,1-5H3,(H,64,65,66). The van der Waals surface area contributed by atoms with Gasteiger partial charge in [0.05, 0.1) is 4.90 Å². The molecule has 0 bridgehead atoms. The fraction of sp³-hybridized carbons (Fsp3) is 0.905. The van der Waals surface area contributed by atoms with E-state index in [0.29, 0.717) is 11.8 Å². The molecular weight excluding hydrogens is 837 g/mol. The van der Waals surface area contributed by atoms with Gasteiger partial charge in [-0.15, -0.1) is 0 Å². The summed E-state index contributed by atoms with van der Waals surface area (Å²) < 4.78 is 36.5. The van der Waals surface area contributed by atoms with Crippen molar-refractivity contribution in [1.29, 1.82) is 0 Å². The predicted molar refractivity (Wildman–Crippen MR) is 300 cm³/mol. The summed E-state index contributed by atoms with van der Waals surface area (Å²) in [5.74, 6) is 1.19. The summed E-state index contributed by atoms with van der Waals surface area (Å²) in [5, 5.41) is 0. The molecule has 0 saturated carbocycles. The number of rotatable bonds is 53. The molecule has 4 heteroatoms. The average molecular weight is 958 g/mol. The maximum atomic E-state index is 13.0. The Morgan fingerprint density at radius 2 is 0.612 bits per heavy atom. The second kappa shape index (κ2) is 47.5. The van der Waals surface area contributed by atoms with Gasteiger partial charge < -0.3 is 0 Å². The maximum absolute atomic E-state index is 13.0. The van der Waals surface area contributed by atoms with Gasteiger partial charge in [0.25, 0.3) is 10.1 Å². The fourth-order valence-electron chi connectivity index (χ4n) is 11.0. The predicted octanol–water partition coefficient (Wildman–Crippen LogP) is 22.2. The van der Waals surface area contributed by atoms with E-state index >= 15 is 0 Å². The van der Waals surface area contributed by atoms with Crippen molar-refractivity contribution in [3.63, 3.8) is 0 Å². The van der Waals surface area contributed by atoms with Crippen molar-refractivity contribution in [3.8, 4) is 0 Å². The van der Waals surface area contributed by atoms with Crippen LogP contribution in [0.3, 0.4) is 0 Å². The van der Waals surface area contributed by atoms with Crippen molar-refractivity contribution in [3.05, 3.63) is 28.8 Å². The molecular formula is C63H120O3S. The second-order valence-electron chi connectivity index (χ2n) is 22.4. The van der Waals surface area contributed by atoms with Gasteiger partial charge in [-0.3, -0.25) is 4.55 Å². The first-order chi connectivity index (χ1) is 32.8. The van der Waals surface area contributed by atoms with Crippen molar-refractivity contribution in [2.45, 2.75) is 361 Å². The molecule has 0 saturated heterocycles. The van der Waals surface area contributed by atoms with Gasteiger partial charge in [0.1, 0.15) is 0 Å². The lowest BCUT2D eigenvalue weighted by atomic mass is 9.81. The molecule has 3 nitrogen and oxygen atoms in total. The highest BCUT2D eigenvalue weighted by Gasteiger charge is 2.23. The normalized spacial score (nSPS) is 12.5. The highest BCUT2D eigenvalue weighted by molar-refractivity contribution is 7.85. The van der Waals surface area contributed by atoms with Crippen LogP contribution in [0.25, 0.3) is 0 Å². The van der Waals surface area contributed by atoms with E-state index < -0.39 is 10.1 Å². The minimum absolute atomic E-state index is 0.191. The quantitative estimate of drug-likeness (QED) is 0.0523. The van der Waals surface area contributed by atoms with E-state index in [2.05, 4.69) is 40.7 Å². The van der Waals surface area contributed by atoms with Crippen molar-refractivity contribution in [2.75, 3.05) is 0 Å². The number of benzene rings is 1. The Kier molecular flexibility index (Phi) is 45.4. The lowest BCUT2D eigenvalue weighted by Gasteiger charge is -2.25. The Morgan fingerprint density at radius 1 is 0.358 bits per heavy atom. The van der Waals surface area contributed by atoms with Gasteiger partial charge in [-0.1, -0.05) is 323 Å². The van der Waals surface area contributed by atoms with Crippen LogP contribution in [-0.4, -0.2) is 13.0 Å². The summed E-state index contributed by atoms with van der Waals surface area (Å²) in [5.41, 5.74) is 3.59. The summed E-state index contributed by atoms with van der Waals surface area (Å²) in [6.45, 7) is 11.7. The number of hydrogen-bond acceptors (Lipinski definition) is 2. The molecule has 0 radical (unpaired) electrons. The summed E-state index contributed by atoms with van der Waals surface area (Å²) >= 11 is 0. The monoisotopic (exact) mass is 957 g/mol. The van der Waals surface area contributed by atoms with Crippen molar-refractivity contribution < 1.29 is 13.0 Å². The third kappa shape index (κ3) is 38.5. The summed E-state index contributed by atoms with van der Waals surface area (Å²) in [6, 6.07) is 3.87. The number of hydrogen-bond donors (Lipinski definition) is 1. The molecule has 1 unspecified atom stereocenters. The highest BCUT2D eigenvalue weighted by Crippen LogP contribution is 2.32. The van der Waals surface area contributed by atoms with Gasteiger partial charge in [0, 0.05) is 0 Å². The molecule has 0 aliphatic heterocycles. The zero-order valence-electron chi connectivity index (χ0n) is 46.3. The highest BCUT2D eigenvalue weighted by atomic mass is 32.2. The molecule has 0 spiro atoms. The lowest BCUT2D eigenvalue weighted by Crippen LogP contribution is -2.16. The first kappa shape index (κ1) is 64.1. The summed E-state index contributed by atoms with van der Waals surface area (Å²) in [7, 11) is -4.29. The molecule has 1 N–H and O–H groups in total. The van der Waals surface area contributed by atoms with Crippen molar-refractivity contribution in [2.24, 2.45) is 11.8 Å². The van der Waals surface area contributed by atoms with Crippen LogP contribution in [0.2, 0.25) is 0 Å². The molecule has 0 amide bonds. The molecule has 0 aliphatic carbocycles. The Morgan fingerprint density at radius 3 is 0.881 bits per heavy atom. The summed E-state index contributed by atoms with van der Waals surface area (Å²) in [4.78, 5) is 0.191. The van der Waals surface area contributed by atoms with Gasteiger partial charge in [-0.05, 0) is 73.1 Å². The molecule has 67 heavy (non-hydrogen) atoms. The van der Waals surface area contributed by atoms with Crippen LogP contribution >= 0.6 is 0 Å². The average Bonchev–Trinajstić information content (AvgIpc) is 3.30. The van der Waals surface area contributed by atoms with Gasteiger partial charge in [-0.25, -0.2) is 0 Å². The Balaban J connectivity index is 2.72. The zero-order chi connectivity index (χ0) is 48.7. The van der Waals surface area contributed by atoms with Crippen LogP contribution in [0.15, 0.2) is 17.0 Å². The number of unbranched alkanes of at least 4 members (excludes halogenated alkanes) is 43. The minimum atomic E-state index is -4.29. The van der Waals surface area contributed by atoms with Crippen LogP contribution in [0, 0.1) is 11.8 Å². The van der Waals surface area contributed by atoms with Crippen LogP contribution in [0.5, 0.6) is 0 Å². The van der Waals surface area contributed by atoms with E-state index in [9.17, 15) is 13.0 Å². The molecule has 1 rings (SSSR count). The molecule has 396 valence electrons.